The fourth-order valence-electron chi connectivity index (χ4n) is 1.69. The molecular formula is C11H15N2S. The summed E-state index contributed by atoms with van der Waals surface area (Å²) in [4.78, 5) is 1.34. The summed E-state index contributed by atoms with van der Waals surface area (Å²) in [6, 6.07) is 11.0. The lowest BCUT2D eigenvalue weighted by Crippen LogP contribution is -2.29. The van der Waals surface area contributed by atoms with Gasteiger partial charge in [0.1, 0.15) is 0 Å². The molecule has 1 aromatic carbocycles. The topological polar surface area (TPSA) is 26.1 Å². The Morgan fingerprint density at radius 3 is 2.79 bits per heavy atom. The largest absolute Gasteiger partial charge is 0.314 e. The highest BCUT2D eigenvalue weighted by atomic mass is 32.2. The van der Waals surface area contributed by atoms with Crippen molar-refractivity contribution in [1.82, 2.24) is 10.6 Å². The van der Waals surface area contributed by atoms with Crippen LogP contribution in [0.5, 0.6) is 0 Å². The first-order valence-corrected chi connectivity index (χ1v) is 5.79. The van der Waals surface area contributed by atoms with E-state index < -0.39 is 0 Å². The van der Waals surface area contributed by atoms with Gasteiger partial charge in [0.15, 0.2) is 0 Å². The Balaban J connectivity index is 1.97. The van der Waals surface area contributed by atoms with Crippen molar-refractivity contribution < 1.29 is 0 Å². The van der Waals surface area contributed by atoms with E-state index in [0.29, 0.717) is 11.3 Å². The second kappa shape index (κ2) is 4.82. The van der Waals surface area contributed by atoms with Gasteiger partial charge < -0.3 is 5.32 Å². The minimum Gasteiger partial charge on any atom is -0.314 e. The van der Waals surface area contributed by atoms with Crippen LogP contribution in [0, 0.1) is 0 Å². The van der Waals surface area contributed by atoms with Crippen LogP contribution in [0.3, 0.4) is 0 Å². The highest BCUT2D eigenvalue weighted by molar-refractivity contribution is 8.00. The zero-order valence-corrected chi connectivity index (χ0v) is 9.13. The smallest absolute Gasteiger partial charge is 0.0502 e. The Bertz CT molecular complexity index is 276. The third-order valence-electron chi connectivity index (χ3n) is 2.49. The van der Waals surface area contributed by atoms with Crippen LogP contribution in [-0.2, 0) is 0 Å². The number of hydrogen-bond donors (Lipinski definition) is 1. The fourth-order valence-corrected chi connectivity index (χ4v) is 2.93. The summed E-state index contributed by atoms with van der Waals surface area (Å²) in [5.41, 5.74) is 0. The number of likely N-dealkylation sites (N-methyl/N-ethyl adjacent to an activating group) is 1. The summed E-state index contributed by atoms with van der Waals surface area (Å²) in [6.45, 7) is 2.10. The van der Waals surface area contributed by atoms with Gasteiger partial charge in [-0.05, 0) is 12.1 Å². The van der Waals surface area contributed by atoms with Gasteiger partial charge in [-0.25, -0.2) is 5.32 Å². The van der Waals surface area contributed by atoms with Crippen LogP contribution in [0.1, 0.15) is 0 Å². The number of hydrogen-bond acceptors (Lipinski definition) is 2. The highest BCUT2D eigenvalue weighted by Gasteiger charge is 2.26. The molecule has 2 unspecified atom stereocenters. The molecule has 1 heterocycles. The molecule has 0 amide bonds. The molecule has 1 N–H and O–H groups in total. The number of thioether (sulfide) groups is 1. The van der Waals surface area contributed by atoms with Gasteiger partial charge in [-0.15, -0.1) is 11.8 Å². The Morgan fingerprint density at radius 1 is 1.29 bits per heavy atom. The van der Waals surface area contributed by atoms with Crippen molar-refractivity contribution in [1.29, 1.82) is 0 Å². The van der Waals surface area contributed by atoms with Crippen molar-refractivity contribution in [2.45, 2.75) is 16.2 Å². The average Bonchev–Trinajstić information content (AvgIpc) is 2.67. The van der Waals surface area contributed by atoms with Gasteiger partial charge in [0.2, 0.25) is 0 Å². The quantitative estimate of drug-likeness (QED) is 0.810. The Labute approximate surface area is 89.5 Å². The van der Waals surface area contributed by atoms with Crippen molar-refractivity contribution in [3.8, 4) is 0 Å². The van der Waals surface area contributed by atoms with E-state index in [1.54, 1.807) is 0 Å². The van der Waals surface area contributed by atoms with Crippen molar-refractivity contribution in [3.63, 3.8) is 0 Å². The second-order valence-electron chi connectivity index (χ2n) is 3.45. The molecule has 2 rings (SSSR count). The predicted octanol–water partition coefficient (Wildman–Crippen LogP) is 1.35. The molecule has 0 aromatic heterocycles. The van der Waals surface area contributed by atoms with E-state index in [0.717, 1.165) is 13.1 Å². The molecule has 1 aromatic rings. The van der Waals surface area contributed by atoms with Crippen LogP contribution in [0.2, 0.25) is 0 Å². The SMILES string of the molecule is C[N]C1CNCC1Sc1ccccc1. The molecule has 75 valence electrons. The molecule has 1 radical (unpaired) electrons. The maximum Gasteiger partial charge on any atom is 0.0502 e. The molecule has 1 aliphatic heterocycles. The molecule has 1 aliphatic rings. The van der Waals surface area contributed by atoms with Crippen LogP contribution in [0.15, 0.2) is 35.2 Å². The monoisotopic (exact) mass is 207 g/mol. The summed E-state index contributed by atoms with van der Waals surface area (Å²) in [5, 5.41) is 8.36. The molecule has 0 saturated carbocycles. The molecule has 2 atom stereocenters. The number of nitrogens with zero attached hydrogens (tertiary/aromatic N) is 1. The fraction of sp³-hybridized carbons (Fsp3) is 0.455. The van der Waals surface area contributed by atoms with Gasteiger partial charge in [0.05, 0.1) is 6.04 Å². The maximum absolute atomic E-state index is 4.38. The van der Waals surface area contributed by atoms with E-state index in [1.807, 2.05) is 18.8 Å². The molecule has 0 spiro atoms. The van der Waals surface area contributed by atoms with Gasteiger partial charge in [-0.3, -0.25) is 0 Å². The van der Waals surface area contributed by atoms with Gasteiger partial charge in [0.25, 0.3) is 0 Å². The average molecular weight is 207 g/mol. The summed E-state index contributed by atoms with van der Waals surface area (Å²) in [6.07, 6.45) is 0. The molecule has 2 nitrogen and oxygen atoms in total. The Kier molecular flexibility index (Phi) is 3.45. The van der Waals surface area contributed by atoms with Crippen molar-refractivity contribution in [2.75, 3.05) is 20.1 Å². The van der Waals surface area contributed by atoms with Crippen molar-refractivity contribution in [2.24, 2.45) is 0 Å². The second-order valence-corrected chi connectivity index (χ2v) is 4.77. The lowest BCUT2D eigenvalue weighted by molar-refractivity contribution is 0.608. The molecule has 14 heavy (non-hydrogen) atoms. The number of nitrogens with one attached hydrogen (secondary N) is 1. The maximum atomic E-state index is 4.38. The molecule has 0 bridgehead atoms. The molecule has 3 heteroatoms. The van der Waals surface area contributed by atoms with Crippen LogP contribution >= 0.6 is 11.8 Å². The van der Waals surface area contributed by atoms with Gasteiger partial charge in [0, 0.05) is 30.3 Å². The van der Waals surface area contributed by atoms with Crippen molar-refractivity contribution in [3.05, 3.63) is 30.3 Å². The first kappa shape index (κ1) is 10.0. The van der Waals surface area contributed by atoms with Gasteiger partial charge in [-0.1, -0.05) is 18.2 Å². The third-order valence-corrected chi connectivity index (χ3v) is 3.82. The van der Waals surface area contributed by atoms with E-state index in [1.165, 1.54) is 4.90 Å². The zero-order valence-electron chi connectivity index (χ0n) is 8.31. The first-order valence-electron chi connectivity index (χ1n) is 4.91. The first-order chi connectivity index (χ1) is 6.90. The minimum atomic E-state index is 0.472. The third kappa shape index (κ3) is 2.29. The lowest BCUT2D eigenvalue weighted by atomic mass is 10.3. The lowest BCUT2D eigenvalue weighted by Gasteiger charge is -2.15. The van der Waals surface area contributed by atoms with Crippen LogP contribution in [0.25, 0.3) is 0 Å². The summed E-state index contributed by atoms with van der Waals surface area (Å²) >= 11 is 1.93. The van der Waals surface area contributed by atoms with Gasteiger partial charge >= 0.3 is 0 Å². The van der Waals surface area contributed by atoms with E-state index in [-0.39, 0.29) is 0 Å². The summed E-state index contributed by atoms with van der Waals surface area (Å²) < 4.78 is 0. The minimum absolute atomic E-state index is 0.472. The van der Waals surface area contributed by atoms with Crippen LogP contribution in [0.4, 0.5) is 0 Å². The van der Waals surface area contributed by atoms with E-state index in [4.69, 9.17) is 0 Å². The van der Waals surface area contributed by atoms with Crippen LogP contribution < -0.4 is 10.6 Å². The molecular weight excluding hydrogens is 192 g/mol. The number of rotatable bonds is 3. The Morgan fingerprint density at radius 2 is 2.07 bits per heavy atom. The van der Waals surface area contributed by atoms with E-state index >= 15 is 0 Å². The predicted molar refractivity (Wildman–Crippen MR) is 60.8 cm³/mol. The van der Waals surface area contributed by atoms with Gasteiger partial charge in [-0.2, -0.15) is 0 Å². The normalized spacial score (nSPS) is 26.6. The van der Waals surface area contributed by atoms with Crippen LogP contribution in [-0.4, -0.2) is 31.4 Å². The van der Waals surface area contributed by atoms with Crippen molar-refractivity contribution >= 4 is 11.8 Å². The molecule has 0 aliphatic carbocycles. The molecule has 1 fully saturated rings. The number of benzene rings is 1. The highest BCUT2D eigenvalue weighted by Crippen LogP contribution is 2.26. The van der Waals surface area contributed by atoms with E-state index in [9.17, 15) is 0 Å². The van der Waals surface area contributed by atoms with E-state index in [2.05, 4.69) is 41.0 Å². The standard InChI is InChI=1S/C11H15N2S/c1-12-10-7-13-8-11(10)14-9-5-3-2-4-6-9/h2-6,10-11,13H,7-8H2,1H3. The Hall–Kier alpha value is -0.510. The zero-order chi connectivity index (χ0) is 9.80. The summed E-state index contributed by atoms with van der Waals surface area (Å²) in [7, 11) is 1.91. The summed E-state index contributed by atoms with van der Waals surface area (Å²) in [5.74, 6) is 0. The molecule has 1 saturated heterocycles.